The molecule has 1 atom stereocenters. The van der Waals surface area contributed by atoms with Gasteiger partial charge in [-0.3, -0.25) is 0 Å². The maximum absolute atomic E-state index is 6.75. The first-order valence-corrected chi connectivity index (χ1v) is 15.6. The number of para-hydroxylation sites is 5. The Morgan fingerprint density at radius 3 is 1.39 bits per heavy atom. The fourth-order valence-corrected chi connectivity index (χ4v) is 5.73. The summed E-state index contributed by atoms with van der Waals surface area (Å²) >= 11 is 0. The fraction of sp³-hybridized carbons (Fsp3) is 0.0476. The quantitative estimate of drug-likeness (QED) is 0.157. The van der Waals surface area contributed by atoms with E-state index in [0.29, 0.717) is 11.5 Å². The van der Waals surface area contributed by atoms with E-state index >= 15 is 0 Å². The van der Waals surface area contributed by atoms with Crippen LogP contribution in [0.15, 0.2) is 188 Å². The lowest BCUT2D eigenvalue weighted by Gasteiger charge is -2.35. The summed E-state index contributed by atoms with van der Waals surface area (Å²) in [6.45, 7) is 0. The molecule has 0 aliphatic heterocycles. The van der Waals surface area contributed by atoms with Gasteiger partial charge < -0.3 is 19.3 Å². The van der Waals surface area contributed by atoms with Gasteiger partial charge in [0.05, 0.1) is 17.4 Å². The standard InChI is InChI=1S/C42H34N2O2/c1-7-19-33(20-8-1)43(34-21-9-2-10-22-34)39-31-40(44(35-23-11-3-12-24-35)36-25-13-4-14-26-36)42(46-38-29-17-6-18-30-38)32-41(39)45-37-27-15-5-16-28-37/h1-25,27-32,36H,26H2. The topological polar surface area (TPSA) is 24.9 Å². The Hall–Kier alpha value is -6.00. The van der Waals surface area contributed by atoms with E-state index in [2.05, 4.69) is 119 Å². The second-order valence-corrected chi connectivity index (χ2v) is 10.9. The molecule has 0 fully saturated rings. The summed E-state index contributed by atoms with van der Waals surface area (Å²) in [6, 6.07) is 55.5. The summed E-state index contributed by atoms with van der Waals surface area (Å²) in [7, 11) is 0. The van der Waals surface area contributed by atoms with Gasteiger partial charge in [0.15, 0.2) is 11.5 Å². The van der Waals surface area contributed by atoms with Gasteiger partial charge in [0, 0.05) is 23.1 Å². The maximum atomic E-state index is 6.75. The van der Waals surface area contributed by atoms with Gasteiger partial charge in [-0.2, -0.15) is 0 Å². The van der Waals surface area contributed by atoms with Crippen LogP contribution in [0.3, 0.4) is 0 Å². The van der Waals surface area contributed by atoms with Crippen molar-refractivity contribution in [2.75, 3.05) is 9.80 Å². The predicted molar refractivity (Wildman–Crippen MR) is 189 cm³/mol. The van der Waals surface area contributed by atoms with E-state index in [-0.39, 0.29) is 6.04 Å². The minimum atomic E-state index is 0.0705. The molecule has 0 heterocycles. The average Bonchev–Trinajstić information content (AvgIpc) is 3.13. The summed E-state index contributed by atoms with van der Waals surface area (Å²) in [4.78, 5) is 4.61. The third kappa shape index (κ3) is 6.42. The second kappa shape index (κ2) is 13.7. The Labute approximate surface area is 270 Å². The van der Waals surface area contributed by atoms with Gasteiger partial charge in [-0.1, -0.05) is 115 Å². The molecule has 46 heavy (non-hydrogen) atoms. The minimum Gasteiger partial charge on any atom is -0.455 e. The Kier molecular flexibility index (Phi) is 8.59. The Morgan fingerprint density at radius 1 is 0.457 bits per heavy atom. The minimum absolute atomic E-state index is 0.0705. The molecule has 6 aromatic rings. The van der Waals surface area contributed by atoms with Crippen LogP contribution in [-0.4, -0.2) is 6.04 Å². The lowest BCUT2D eigenvalue weighted by atomic mass is 10.0. The molecule has 0 bridgehead atoms. The van der Waals surface area contributed by atoms with Gasteiger partial charge >= 0.3 is 0 Å². The molecule has 4 nitrogen and oxygen atoms in total. The van der Waals surface area contributed by atoms with Crippen molar-refractivity contribution in [2.45, 2.75) is 12.5 Å². The highest BCUT2D eigenvalue weighted by Crippen LogP contribution is 2.50. The maximum Gasteiger partial charge on any atom is 0.155 e. The first-order chi connectivity index (χ1) is 22.8. The van der Waals surface area contributed by atoms with E-state index in [0.717, 1.165) is 46.4 Å². The number of nitrogens with zero attached hydrogens (tertiary/aromatic N) is 2. The molecule has 1 aliphatic carbocycles. The van der Waals surface area contributed by atoms with Crippen molar-refractivity contribution in [2.24, 2.45) is 0 Å². The number of anilines is 5. The van der Waals surface area contributed by atoms with Crippen LogP contribution in [0.4, 0.5) is 28.4 Å². The van der Waals surface area contributed by atoms with Crippen molar-refractivity contribution >= 4 is 28.4 Å². The number of allylic oxidation sites excluding steroid dienone is 2. The van der Waals surface area contributed by atoms with E-state index in [9.17, 15) is 0 Å². The van der Waals surface area contributed by atoms with Crippen LogP contribution >= 0.6 is 0 Å². The Balaban J connectivity index is 1.51. The lowest BCUT2D eigenvalue weighted by Crippen LogP contribution is -2.30. The molecule has 0 N–H and O–H groups in total. The lowest BCUT2D eigenvalue weighted by molar-refractivity contribution is 0.460. The summed E-state index contributed by atoms with van der Waals surface area (Å²) in [5.41, 5.74) is 4.90. The molecule has 0 spiro atoms. The van der Waals surface area contributed by atoms with Crippen molar-refractivity contribution in [1.29, 1.82) is 0 Å². The SMILES string of the molecule is C1=CCC(N(c2ccccc2)c2cc(N(c3ccccc3)c3ccccc3)c(Oc3ccccc3)cc2Oc2ccccc2)C=C1. The molecule has 0 radical (unpaired) electrons. The monoisotopic (exact) mass is 598 g/mol. The molecule has 6 aromatic carbocycles. The molecule has 0 saturated heterocycles. The molecule has 0 aromatic heterocycles. The van der Waals surface area contributed by atoms with Gasteiger partial charge in [0.25, 0.3) is 0 Å². The van der Waals surface area contributed by atoms with E-state index in [1.807, 2.05) is 78.9 Å². The van der Waals surface area contributed by atoms with Gasteiger partial charge in [-0.05, 0) is 73.2 Å². The van der Waals surface area contributed by atoms with Crippen LogP contribution in [0, 0.1) is 0 Å². The van der Waals surface area contributed by atoms with E-state index in [1.54, 1.807) is 0 Å². The van der Waals surface area contributed by atoms with Crippen molar-refractivity contribution < 1.29 is 9.47 Å². The number of hydrogen-bond acceptors (Lipinski definition) is 4. The zero-order valence-electron chi connectivity index (χ0n) is 25.4. The predicted octanol–water partition coefficient (Wildman–Crippen LogP) is 11.8. The molecule has 0 saturated carbocycles. The zero-order valence-corrected chi connectivity index (χ0v) is 25.4. The van der Waals surface area contributed by atoms with E-state index < -0.39 is 0 Å². The first kappa shape index (κ1) is 28.8. The van der Waals surface area contributed by atoms with Crippen LogP contribution in [0.5, 0.6) is 23.0 Å². The molecule has 7 rings (SSSR count). The highest BCUT2D eigenvalue weighted by Gasteiger charge is 2.27. The van der Waals surface area contributed by atoms with Gasteiger partial charge in [0.2, 0.25) is 0 Å². The highest BCUT2D eigenvalue weighted by molar-refractivity contribution is 5.86. The summed E-state index contributed by atoms with van der Waals surface area (Å²) in [5, 5.41) is 0. The molecule has 224 valence electrons. The normalized spacial score (nSPS) is 13.6. The molecule has 4 heteroatoms. The van der Waals surface area contributed by atoms with Crippen molar-refractivity contribution in [1.82, 2.24) is 0 Å². The molecule has 1 unspecified atom stereocenters. The third-order valence-corrected chi connectivity index (χ3v) is 7.84. The van der Waals surface area contributed by atoms with Crippen molar-refractivity contribution in [3.63, 3.8) is 0 Å². The molecular weight excluding hydrogens is 564 g/mol. The van der Waals surface area contributed by atoms with Gasteiger partial charge in [-0.15, -0.1) is 0 Å². The van der Waals surface area contributed by atoms with E-state index in [4.69, 9.17) is 9.47 Å². The number of rotatable bonds is 10. The third-order valence-electron chi connectivity index (χ3n) is 7.84. The van der Waals surface area contributed by atoms with Gasteiger partial charge in [-0.25, -0.2) is 0 Å². The van der Waals surface area contributed by atoms with Gasteiger partial charge in [0.1, 0.15) is 11.5 Å². The zero-order chi connectivity index (χ0) is 31.0. The number of hydrogen-bond donors (Lipinski definition) is 0. The largest absolute Gasteiger partial charge is 0.455 e. The summed E-state index contributed by atoms with van der Waals surface area (Å²) in [5.74, 6) is 2.84. The first-order valence-electron chi connectivity index (χ1n) is 15.6. The molecule has 0 amide bonds. The summed E-state index contributed by atoms with van der Waals surface area (Å²) < 4.78 is 13.5. The Morgan fingerprint density at radius 2 is 0.913 bits per heavy atom. The van der Waals surface area contributed by atoms with E-state index in [1.165, 1.54) is 0 Å². The second-order valence-electron chi connectivity index (χ2n) is 10.9. The van der Waals surface area contributed by atoms with Crippen LogP contribution in [0.2, 0.25) is 0 Å². The molecule has 1 aliphatic rings. The van der Waals surface area contributed by atoms with Crippen LogP contribution in [0.25, 0.3) is 0 Å². The average molecular weight is 599 g/mol. The van der Waals surface area contributed by atoms with Crippen LogP contribution < -0.4 is 19.3 Å². The van der Waals surface area contributed by atoms with Crippen molar-refractivity contribution in [3.8, 4) is 23.0 Å². The highest BCUT2D eigenvalue weighted by atomic mass is 16.5. The smallest absolute Gasteiger partial charge is 0.155 e. The summed E-state index contributed by atoms with van der Waals surface area (Å²) in [6.07, 6.45) is 9.55. The van der Waals surface area contributed by atoms with Crippen LogP contribution in [-0.2, 0) is 0 Å². The fourth-order valence-electron chi connectivity index (χ4n) is 5.73. The Bertz CT molecular complexity index is 1870. The number of ether oxygens (including phenoxy) is 2. The van der Waals surface area contributed by atoms with Crippen molar-refractivity contribution in [3.05, 3.63) is 188 Å². The molecular formula is C42H34N2O2. The number of benzene rings is 6. The van der Waals surface area contributed by atoms with Crippen LogP contribution in [0.1, 0.15) is 6.42 Å².